The molecule has 1 N–H and O–H groups in total. The highest BCUT2D eigenvalue weighted by atomic mass is 16.5. The van der Waals surface area contributed by atoms with E-state index >= 15 is 0 Å². The molecule has 0 aliphatic heterocycles. The molecule has 4 heteroatoms. The van der Waals surface area contributed by atoms with Crippen molar-refractivity contribution in [2.24, 2.45) is 7.05 Å². The third-order valence-electron chi connectivity index (χ3n) is 3.06. The first kappa shape index (κ1) is 14.7. The SMILES string of the molecule is CCCOCCCNCc1cc(C#N)n(C)c1C. The van der Waals surface area contributed by atoms with Gasteiger partial charge in [-0.2, -0.15) is 5.26 Å². The van der Waals surface area contributed by atoms with Gasteiger partial charge in [-0.15, -0.1) is 0 Å². The first-order chi connectivity index (χ1) is 8.70. The van der Waals surface area contributed by atoms with Crippen molar-refractivity contribution < 1.29 is 4.74 Å². The number of hydrogen-bond acceptors (Lipinski definition) is 3. The average Bonchev–Trinajstić information content (AvgIpc) is 2.65. The Hall–Kier alpha value is -1.31. The van der Waals surface area contributed by atoms with Gasteiger partial charge in [-0.05, 0) is 37.9 Å². The van der Waals surface area contributed by atoms with Crippen molar-refractivity contribution in [1.82, 2.24) is 9.88 Å². The van der Waals surface area contributed by atoms with Crippen LogP contribution < -0.4 is 5.32 Å². The molecule has 0 atom stereocenters. The highest BCUT2D eigenvalue weighted by molar-refractivity contribution is 5.33. The third kappa shape index (κ3) is 4.17. The maximum Gasteiger partial charge on any atom is 0.120 e. The van der Waals surface area contributed by atoms with Crippen molar-refractivity contribution in [3.8, 4) is 6.07 Å². The lowest BCUT2D eigenvalue weighted by atomic mass is 10.2. The van der Waals surface area contributed by atoms with Crippen molar-refractivity contribution in [2.45, 2.75) is 33.2 Å². The lowest BCUT2D eigenvalue weighted by Crippen LogP contribution is -2.16. The highest BCUT2D eigenvalue weighted by Gasteiger charge is 2.07. The fourth-order valence-corrected chi connectivity index (χ4v) is 1.82. The van der Waals surface area contributed by atoms with Crippen LogP contribution in [0.15, 0.2) is 6.07 Å². The van der Waals surface area contributed by atoms with Gasteiger partial charge in [0.2, 0.25) is 0 Å². The van der Waals surface area contributed by atoms with E-state index in [2.05, 4.69) is 18.3 Å². The van der Waals surface area contributed by atoms with Crippen molar-refractivity contribution in [3.63, 3.8) is 0 Å². The Morgan fingerprint density at radius 1 is 1.44 bits per heavy atom. The Balaban J connectivity index is 2.26. The summed E-state index contributed by atoms with van der Waals surface area (Å²) in [5, 5.41) is 12.3. The predicted octanol–water partition coefficient (Wildman–Crippen LogP) is 2.11. The van der Waals surface area contributed by atoms with Gasteiger partial charge in [-0.1, -0.05) is 6.92 Å². The fraction of sp³-hybridized carbons (Fsp3) is 0.643. The molecule has 0 radical (unpaired) electrons. The Labute approximate surface area is 110 Å². The monoisotopic (exact) mass is 249 g/mol. The summed E-state index contributed by atoms with van der Waals surface area (Å²) in [7, 11) is 1.93. The van der Waals surface area contributed by atoms with E-state index in [-0.39, 0.29) is 0 Å². The van der Waals surface area contributed by atoms with E-state index in [0.717, 1.165) is 50.5 Å². The molecule has 18 heavy (non-hydrogen) atoms. The van der Waals surface area contributed by atoms with Gasteiger partial charge in [0.05, 0.1) is 0 Å². The number of ether oxygens (including phenoxy) is 1. The van der Waals surface area contributed by atoms with Crippen molar-refractivity contribution in [3.05, 3.63) is 23.0 Å². The summed E-state index contributed by atoms with van der Waals surface area (Å²) in [5.41, 5.74) is 3.07. The number of nitrogens with one attached hydrogen (secondary N) is 1. The second-order valence-corrected chi connectivity index (χ2v) is 4.45. The van der Waals surface area contributed by atoms with Crippen LogP contribution in [0.1, 0.15) is 36.7 Å². The van der Waals surface area contributed by atoms with E-state index in [1.807, 2.05) is 24.6 Å². The standard InChI is InChI=1S/C14H23N3O/c1-4-7-18-8-5-6-16-11-13-9-14(10-15)17(3)12(13)2/h9,16H,4-8,11H2,1-3H3. The van der Waals surface area contributed by atoms with Crippen LogP contribution in [0.25, 0.3) is 0 Å². The molecule has 1 aromatic rings. The molecule has 1 rings (SSSR count). The van der Waals surface area contributed by atoms with Crippen LogP contribution in [-0.4, -0.2) is 24.3 Å². The summed E-state index contributed by atoms with van der Waals surface area (Å²) >= 11 is 0. The van der Waals surface area contributed by atoms with E-state index in [4.69, 9.17) is 10.00 Å². The fourth-order valence-electron chi connectivity index (χ4n) is 1.82. The number of nitrogens with zero attached hydrogens (tertiary/aromatic N) is 2. The zero-order chi connectivity index (χ0) is 13.4. The minimum Gasteiger partial charge on any atom is -0.381 e. The first-order valence-corrected chi connectivity index (χ1v) is 6.54. The van der Waals surface area contributed by atoms with E-state index in [1.165, 1.54) is 5.56 Å². The average molecular weight is 249 g/mol. The third-order valence-corrected chi connectivity index (χ3v) is 3.06. The summed E-state index contributed by atoms with van der Waals surface area (Å²) in [6.45, 7) is 7.59. The minimum absolute atomic E-state index is 0.718. The van der Waals surface area contributed by atoms with Crippen LogP contribution in [0.5, 0.6) is 0 Å². The molecule has 0 saturated heterocycles. The van der Waals surface area contributed by atoms with Gasteiger partial charge >= 0.3 is 0 Å². The number of aromatic nitrogens is 1. The first-order valence-electron chi connectivity index (χ1n) is 6.54. The summed E-state index contributed by atoms with van der Waals surface area (Å²) in [4.78, 5) is 0. The molecule has 0 bridgehead atoms. The van der Waals surface area contributed by atoms with Gasteiger partial charge < -0.3 is 14.6 Å². The molecule has 1 heterocycles. The molecule has 4 nitrogen and oxygen atoms in total. The maximum atomic E-state index is 8.94. The zero-order valence-electron chi connectivity index (χ0n) is 11.6. The topological polar surface area (TPSA) is 50.0 Å². The van der Waals surface area contributed by atoms with Crippen LogP contribution in [0, 0.1) is 18.3 Å². The van der Waals surface area contributed by atoms with Crippen LogP contribution in [-0.2, 0) is 18.3 Å². The molecule has 100 valence electrons. The Kier molecular flexibility index (Phi) is 6.48. The van der Waals surface area contributed by atoms with Crippen LogP contribution in [0.3, 0.4) is 0 Å². The lowest BCUT2D eigenvalue weighted by Gasteiger charge is -2.06. The maximum absolute atomic E-state index is 8.94. The summed E-state index contributed by atoms with van der Waals surface area (Å²) < 4.78 is 7.34. The minimum atomic E-state index is 0.718. The zero-order valence-corrected chi connectivity index (χ0v) is 11.6. The van der Waals surface area contributed by atoms with E-state index in [1.54, 1.807) is 0 Å². The summed E-state index contributed by atoms with van der Waals surface area (Å²) in [6, 6.07) is 4.15. The lowest BCUT2D eigenvalue weighted by molar-refractivity contribution is 0.132. The van der Waals surface area contributed by atoms with Crippen LogP contribution in [0.2, 0.25) is 0 Å². The highest BCUT2D eigenvalue weighted by Crippen LogP contribution is 2.12. The molecular weight excluding hydrogens is 226 g/mol. The van der Waals surface area contributed by atoms with Crippen LogP contribution in [0.4, 0.5) is 0 Å². The molecule has 0 aliphatic carbocycles. The largest absolute Gasteiger partial charge is 0.381 e. The van der Waals surface area contributed by atoms with Gasteiger partial charge in [-0.3, -0.25) is 0 Å². The molecule has 0 fully saturated rings. The molecule has 0 saturated carbocycles. The Morgan fingerprint density at radius 3 is 2.83 bits per heavy atom. The van der Waals surface area contributed by atoms with Gasteiger partial charge in [0.1, 0.15) is 11.8 Å². The summed E-state index contributed by atoms with van der Waals surface area (Å²) in [6.07, 6.45) is 2.10. The Morgan fingerprint density at radius 2 is 2.22 bits per heavy atom. The van der Waals surface area contributed by atoms with E-state index < -0.39 is 0 Å². The molecule has 0 aliphatic rings. The van der Waals surface area contributed by atoms with E-state index in [9.17, 15) is 0 Å². The molecular formula is C14H23N3O. The van der Waals surface area contributed by atoms with Crippen molar-refractivity contribution >= 4 is 0 Å². The second kappa shape index (κ2) is 7.91. The number of nitriles is 1. The second-order valence-electron chi connectivity index (χ2n) is 4.45. The summed E-state index contributed by atoms with van der Waals surface area (Å²) in [5.74, 6) is 0. The quantitative estimate of drug-likeness (QED) is 0.718. The van der Waals surface area contributed by atoms with Gasteiger partial charge in [0, 0.05) is 32.5 Å². The van der Waals surface area contributed by atoms with Gasteiger partial charge in [0.15, 0.2) is 0 Å². The molecule has 0 aromatic carbocycles. The Bertz CT molecular complexity index is 404. The van der Waals surface area contributed by atoms with Crippen LogP contribution >= 0.6 is 0 Å². The van der Waals surface area contributed by atoms with Crippen molar-refractivity contribution in [2.75, 3.05) is 19.8 Å². The number of rotatable bonds is 8. The molecule has 0 unspecified atom stereocenters. The van der Waals surface area contributed by atoms with Crippen molar-refractivity contribution in [1.29, 1.82) is 5.26 Å². The normalized spacial score (nSPS) is 10.6. The molecule has 0 amide bonds. The molecule has 1 aromatic heterocycles. The number of hydrogen-bond donors (Lipinski definition) is 1. The molecule has 0 spiro atoms. The van der Waals surface area contributed by atoms with Gasteiger partial charge in [0.25, 0.3) is 0 Å². The smallest absolute Gasteiger partial charge is 0.120 e. The van der Waals surface area contributed by atoms with Gasteiger partial charge in [-0.25, -0.2) is 0 Å². The van der Waals surface area contributed by atoms with E-state index in [0.29, 0.717) is 0 Å². The predicted molar refractivity (Wildman–Crippen MR) is 72.3 cm³/mol.